The molecule has 0 radical (unpaired) electrons. The summed E-state index contributed by atoms with van der Waals surface area (Å²) in [5, 5.41) is 0. The predicted molar refractivity (Wildman–Crippen MR) is 65.0 cm³/mol. The van der Waals surface area contributed by atoms with Crippen molar-refractivity contribution in [2.24, 2.45) is 28.1 Å². The molecule has 0 aromatic carbocycles. The lowest BCUT2D eigenvalue weighted by atomic mass is 9.53. The van der Waals surface area contributed by atoms with E-state index in [0.717, 1.165) is 6.42 Å². The third kappa shape index (κ3) is 0.919. The van der Waals surface area contributed by atoms with Crippen molar-refractivity contribution in [3.8, 4) is 0 Å². The van der Waals surface area contributed by atoms with Crippen molar-refractivity contribution in [2.75, 3.05) is 0 Å². The molecule has 0 N–H and O–H groups in total. The van der Waals surface area contributed by atoms with Crippen LogP contribution in [0.3, 0.4) is 0 Å². The van der Waals surface area contributed by atoms with Crippen LogP contribution in [-0.2, 0) is 4.79 Å². The Morgan fingerprint density at radius 3 is 2.62 bits per heavy atom. The van der Waals surface area contributed by atoms with E-state index in [1.807, 2.05) is 0 Å². The Hall–Kier alpha value is -0.590. The fourth-order valence-corrected chi connectivity index (χ4v) is 4.51. The normalized spacial score (nSPS) is 47.1. The van der Waals surface area contributed by atoms with Crippen LogP contribution in [-0.4, -0.2) is 5.78 Å². The van der Waals surface area contributed by atoms with Crippen molar-refractivity contribution in [2.45, 2.75) is 47.0 Å². The number of hydrogen-bond acceptors (Lipinski definition) is 1. The van der Waals surface area contributed by atoms with Gasteiger partial charge in [0.05, 0.1) is 0 Å². The van der Waals surface area contributed by atoms with Gasteiger partial charge in [-0.3, -0.25) is 4.79 Å². The Kier molecular flexibility index (Phi) is 1.73. The predicted octanol–water partition coefficient (Wildman–Crippen LogP) is 3.59. The summed E-state index contributed by atoms with van der Waals surface area (Å²) in [5.41, 5.74) is 0.390. The van der Waals surface area contributed by atoms with Gasteiger partial charge in [-0.25, -0.2) is 0 Å². The molecule has 0 aliphatic heterocycles. The van der Waals surface area contributed by atoms with Crippen LogP contribution in [0.2, 0.25) is 0 Å². The standard InChI is InChI=1S/C15H22O/c1-13(2)7-6-11-12(16)14(3,4)10-5-8-15(11,13)9-10/h5,8,10-11H,6-7,9H2,1-4H3/t10-,11?,15-/m0/s1. The molecule has 88 valence electrons. The third-order valence-corrected chi connectivity index (χ3v) is 6.00. The smallest absolute Gasteiger partial charge is 0.143 e. The highest BCUT2D eigenvalue weighted by Gasteiger charge is 2.65. The maximum Gasteiger partial charge on any atom is 0.143 e. The van der Waals surface area contributed by atoms with Gasteiger partial charge in [-0.05, 0) is 30.6 Å². The van der Waals surface area contributed by atoms with E-state index in [-0.39, 0.29) is 10.8 Å². The molecule has 3 atom stereocenters. The van der Waals surface area contributed by atoms with Gasteiger partial charge in [0.15, 0.2) is 0 Å². The fourth-order valence-electron chi connectivity index (χ4n) is 4.51. The molecular weight excluding hydrogens is 196 g/mol. The Balaban J connectivity index is 2.14. The van der Waals surface area contributed by atoms with Gasteiger partial charge in [0.1, 0.15) is 5.78 Å². The average molecular weight is 218 g/mol. The zero-order valence-corrected chi connectivity index (χ0v) is 10.8. The van der Waals surface area contributed by atoms with Gasteiger partial charge >= 0.3 is 0 Å². The van der Waals surface area contributed by atoms with Crippen molar-refractivity contribution in [3.05, 3.63) is 12.2 Å². The minimum atomic E-state index is -0.123. The zero-order valence-electron chi connectivity index (χ0n) is 10.8. The van der Waals surface area contributed by atoms with Gasteiger partial charge in [-0.1, -0.05) is 39.8 Å². The molecule has 1 heteroatoms. The lowest BCUT2D eigenvalue weighted by molar-refractivity contribution is -0.142. The van der Waals surface area contributed by atoms with Crippen LogP contribution in [0.25, 0.3) is 0 Å². The first kappa shape index (κ1) is 10.6. The van der Waals surface area contributed by atoms with E-state index in [0.29, 0.717) is 23.0 Å². The second-order valence-corrected chi connectivity index (χ2v) is 7.27. The number of fused-ring (bicyclic) bond motifs is 1. The summed E-state index contributed by atoms with van der Waals surface area (Å²) in [6.45, 7) is 8.99. The van der Waals surface area contributed by atoms with E-state index in [4.69, 9.17) is 0 Å². The van der Waals surface area contributed by atoms with Crippen LogP contribution in [0, 0.1) is 28.1 Å². The van der Waals surface area contributed by atoms with E-state index < -0.39 is 0 Å². The first-order valence-electron chi connectivity index (χ1n) is 6.55. The molecule has 1 spiro atoms. The molecule has 3 aliphatic rings. The van der Waals surface area contributed by atoms with Crippen molar-refractivity contribution in [1.82, 2.24) is 0 Å². The molecule has 3 rings (SSSR count). The lowest BCUT2D eigenvalue weighted by Crippen LogP contribution is -2.49. The first-order valence-corrected chi connectivity index (χ1v) is 6.55. The van der Waals surface area contributed by atoms with E-state index in [1.54, 1.807) is 0 Å². The van der Waals surface area contributed by atoms with E-state index in [9.17, 15) is 4.79 Å². The molecule has 0 heterocycles. The number of carbonyl (C=O) groups is 1. The molecule has 1 unspecified atom stereocenters. The summed E-state index contributed by atoms with van der Waals surface area (Å²) < 4.78 is 0. The summed E-state index contributed by atoms with van der Waals surface area (Å²) in [6.07, 6.45) is 8.26. The second kappa shape index (κ2) is 2.63. The molecule has 2 bridgehead atoms. The lowest BCUT2D eigenvalue weighted by Gasteiger charge is -2.49. The topological polar surface area (TPSA) is 17.1 Å². The third-order valence-electron chi connectivity index (χ3n) is 6.00. The maximum absolute atomic E-state index is 12.6. The van der Waals surface area contributed by atoms with E-state index in [1.165, 1.54) is 12.8 Å². The highest BCUT2D eigenvalue weighted by atomic mass is 16.1. The molecule has 1 nitrogen and oxygen atoms in total. The van der Waals surface area contributed by atoms with Crippen molar-refractivity contribution >= 4 is 5.78 Å². The first-order chi connectivity index (χ1) is 7.31. The maximum atomic E-state index is 12.6. The van der Waals surface area contributed by atoms with Crippen LogP contribution in [0.1, 0.15) is 47.0 Å². The van der Waals surface area contributed by atoms with Gasteiger partial charge in [-0.2, -0.15) is 0 Å². The summed E-state index contributed by atoms with van der Waals surface area (Å²) in [7, 11) is 0. The number of hydrogen-bond donors (Lipinski definition) is 0. The van der Waals surface area contributed by atoms with Crippen LogP contribution in [0.15, 0.2) is 12.2 Å². The Morgan fingerprint density at radius 2 is 1.94 bits per heavy atom. The number of carbonyl (C=O) groups excluding carboxylic acids is 1. The average Bonchev–Trinajstić information content (AvgIpc) is 2.70. The Morgan fingerprint density at radius 1 is 1.25 bits per heavy atom. The molecule has 16 heavy (non-hydrogen) atoms. The van der Waals surface area contributed by atoms with Crippen LogP contribution < -0.4 is 0 Å². The van der Waals surface area contributed by atoms with E-state index >= 15 is 0 Å². The Bertz CT molecular complexity index is 388. The number of Topliss-reactive ketones (excluding diaryl/α,β-unsaturated/α-hetero) is 1. The second-order valence-electron chi connectivity index (χ2n) is 7.27. The van der Waals surface area contributed by atoms with Crippen LogP contribution in [0.4, 0.5) is 0 Å². The minimum Gasteiger partial charge on any atom is -0.299 e. The van der Waals surface area contributed by atoms with Gasteiger partial charge < -0.3 is 0 Å². The quantitative estimate of drug-likeness (QED) is 0.568. The van der Waals surface area contributed by atoms with Crippen molar-refractivity contribution < 1.29 is 4.79 Å². The van der Waals surface area contributed by atoms with Crippen molar-refractivity contribution in [3.63, 3.8) is 0 Å². The molecule has 0 amide bonds. The minimum absolute atomic E-state index is 0.123. The van der Waals surface area contributed by atoms with Gasteiger partial charge in [0.2, 0.25) is 0 Å². The summed E-state index contributed by atoms with van der Waals surface area (Å²) >= 11 is 0. The zero-order chi connectivity index (χ0) is 11.8. The molecule has 0 aromatic rings. The summed E-state index contributed by atoms with van der Waals surface area (Å²) in [6, 6.07) is 0. The molecule has 2 fully saturated rings. The van der Waals surface area contributed by atoms with Crippen LogP contribution in [0.5, 0.6) is 0 Å². The number of allylic oxidation sites excluding steroid dienone is 2. The van der Waals surface area contributed by atoms with E-state index in [2.05, 4.69) is 39.8 Å². The Labute approximate surface area is 98.3 Å². The molecule has 0 saturated heterocycles. The highest BCUT2D eigenvalue weighted by Crippen LogP contribution is 2.68. The number of ketones is 1. The largest absolute Gasteiger partial charge is 0.299 e. The molecule has 0 aromatic heterocycles. The number of rotatable bonds is 0. The molecule has 3 aliphatic carbocycles. The summed E-state index contributed by atoms with van der Waals surface area (Å²) in [5.74, 6) is 1.31. The fraction of sp³-hybridized carbons (Fsp3) is 0.800. The SMILES string of the molecule is CC1(C)C(=O)C2CCC(C)(C)[C@]23C=C[C@H]1C3. The van der Waals surface area contributed by atoms with Crippen molar-refractivity contribution in [1.29, 1.82) is 0 Å². The monoisotopic (exact) mass is 218 g/mol. The summed E-state index contributed by atoms with van der Waals surface area (Å²) in [4.78, 5) is 12.6. The van der Waals surface area contributed by atoms with Gasteiger partial charge in [-0.15, -0.1) is 0 Å². The highest BCUT2D eigenvalue weighted by molar-refractivity contribution is 5.90. The van der Waals surface area contributed by atoms with Crippen LogP contribution >= 0.6 is 0 Å². The van der Waals surface area contributed by atoms with Gasteiger partial charge in [0, 0.05) is 16.7 Å². The van der Waals surface area contributed by atoms with Gasteiger partial charge in [0.25, 0.3) is 0 Å². The molecule has 2 saturated carbocycles. The molecular formula is C15H22O.